The minimum Gasteiger partial charge on any atom is -0.462 e. The number of carbonyl (C=O) groups is 4. The zero-order chi connectivity index (χ0) is 70.3. The number of hydrogen-bond donors (Lipinski definition) is 3. The summed E-state index contributed by atoms with van der Waals surface area (Å²) in [7, 11) is -9.91. The largest absolute Gasteiger partial charge is 0.472 e. The molecule has 0 heterocycles. The molecule has 19 heteroatoms. The number of rotatable bonds is 73. The molecule has 0 amide bonds. The summed E-state index contributed by atoms with van der Waals surface area (Å²) in [5, 5.41) is 10.6. The molecule has 0 spiro atoms. The van der Waals surface area contributed by atoms with Gasteiger partial charge in [-0.25, -0.2) is 9.13 Å². The van der Waals surface area contributed by atoms with Crippen LogP contribution < -0.4 is 0 Å². The Morgan fingerprint density at radius 2 is 0.442 bits per heavy atom. The van der Waals surface area contributed by atoms with Gasteiger partial charge in [-0.3, -0.25) is 37.3 Å². The maximum atomic E-state index is 13.1. The highest BCUT2D eigenvalue weighted by atomic mass is 31.2. The fourth-order valence-corrected chi connectivity index (χ4v) is 13.1. The number of ether oxygens (including phenoxy) is 4. The lowest BCUT2D eigenvalue weighted by Crippen LogP contribution is -2.30. The van der Waals surface area contributed by atoms with Crippen molar-refractivity contribution in [3.63, 3.8) is 0 Å². The van der Waals surface area contributed by atoms with Gasteiger partial charge in [-0.05, 0) is 49.4 Å². The standard InChI is InChI=1S/C76H148O17P2/c1-66(2)52-44-36-28-21-15-10-9-11-19-25-33-42-50-58-75(80)93-72(63-87-74(79)57-49-41-35-27-31-39-47-55-69(7)8)65-91-95(84,85)89-61-70(77)60-88-94(82,83)90-64-71(92-76(81)59-51-43-34-26-20-14-17-23-30-38-46-54-68(5)6)62-86-73(78)56-48-40-32-24-18-13-12-16-22-29-37-45-53-67(3)4/h66-72,77H,9-65H2,1-8H3,(H,82,83)(H,84,85)/t70?,71-,72-/m1/s1. The van der Waals surface area contributed by atoms with E-state index in [4.69, 9.17) is 37.0 Å². The molecule has 0 radical (unpaired) electrons. The lowest BCUT2D eigenvalue weighted by molar-refractivity contribution is -0.161. The summed E-state index contributed by atoms with van der Waals surface area (Å²) < 4.78 is 68.5. The highest BCUT2D eigenvalue weighted by Gasteiger charge is 2.30. The predicted octanol–water partition coefficient (Wildman–Crippen LogP) is 22.0. The molecule has 0 bridgehead atoms. The van der Waals surface area contributed by atoms with Gasteiger partial charge in [0.25, 0.3) is 0 Å². The van der Waals surface area contributed by atoms with Gasteiger partial charge < -0.3 is 33.8 Å². The van der Waals surface area contributed by atoms with Crippen molar-refractivity contribution in [3.8, 4) is 0 Å². The summed E-state index contributed by atoms with van der Waals surface area (Å²) in [4.78, 5) is 72.8. The van der Waals surface area contributed by atoms with E-state index in [1.165, 1.54) is 180 Å². The van der Waals surface area contributed by atoms with Crippen molar-refractivity contribution >= 4 is 39.5 Å². The van der Waals surface area contributed by atoms with Crippen molar-refractivity contribution in [3.05, 3.63) is 0 Å². The number of carbonyl (C=O) groups excluding carboxylic acids is 4. The Kier molecular flexibility index (Phi) is 64.0. The molecular formula is C76H148O17P2. The van der Waals surface area contributed by atoms with Gasteiger partial charge in [0.15, 0.2) is 12.2 Å². The van der Waals surface area contributed by atoms with E-state index in [2.05, 4.69) is 55.4 Å². The number of unbranched alkanes of at least 4 members (excludes halogenated alkanes) is 39. The van der Waals surface area contributed by atoms with E-state index in [-0.39, 0.29) is 25.7 Å². The van der Waals surface area contributed by atoms with Crippen LogP contribution in [0.1, 0.15) is 383 Å². The average Bonchev–Trinajstić information content (AvgIpc) is 1.50. The quantitative estimate of drug-likeness (QED) is 0.0222. The Morgan fingerprint density at radius 3 is 0.653 bits per heavy atom. The molecule has 0 aliphatic carbocycles. The van der Waals surface area contributed by atoms with Crippen molar-refractivity contribution in [1.82, 2.24) is 0 Å². The number of hydrogen-bond acceptors (Lipinski definition) is 15. The van der Waals surface area contributed by atoms with Gasteiger partial charge in [-0.1, -0.05) is 331 Å². The van der Waals surface area contributed by atoms with Gasteiger partial charge in [-0.2, -0.15) is 0 Å². The van der Waals surface area contributed by atoms with Crippen molar-refractivity contribution in [1.29, 1.82) is 0 Å². The molecule has 3 unspecified atom stereocenters. The van der Waals surface area contributed by atoms with E-state index in [9.17, 15) is 43.2 Å². The minimum absolute atomic E-state index is 0.106. The van der Waals surface area contributed by atoms with Crippen LogP contribution >= 0.6 is 15.6 Å². The van der Waals surface area contributed by atoms with Gasteiger partial charge in [-0.15, -0.1) is 0 Å². The zero-order valence-corrected chi connectivity index (χ0v) is 64.1. The average molecular weight is 1400 g/mol. The van der Waals surface area contributed by atoms with Crippen LogP contribution in [0.2, 0.25) is 0 Å². The second-order valence-corrected chi connectivity index (χ2v) is 32.2. The summed E-state index contributed by atoms with van der Waals surface area (Å²) in [6.45, 7) is 14.2. The maximum Gasteiger partial charge on any atom is 0.472 e. The van der Waals surface area contributed by atoms with Gasteiger partial charge >= 0.3 is 39.5 Å². The summed E-state index contributed by atoms with van der Waals surface area (Å²) in [6.07, 6.45) is 50.0. The third-order valence-corrected chi connectivity index (χ3v) is 19.5. The molecule has 0 saturated carbocycles. The van der Waals surface area contributed by atoms with Gasteiger partial charge in [0.05, 0.1) is 26.4 Å². The number of esters is 4. The molecule has 95 heavy (non-hydrogen) atoms. The molecule has 0 fully saturated rings. The van der Waals surface area contributed by atoms with Crippen LogP contribution in [0.4, 0.5) is 0 Å². The molecule has 0 saturated heterocycles. The molecule has 3 N–H and O–H groups in total. The van der Waals surface area contributed by atoms with Gasteiger partial charge in [0.2, 0.25) is 0 Å². The monoisotopic (exact) mass is 1400 g/mol. The molecule has 0 aromatic rings. The molecule has 0 aromatic carbocycles. The predicted molar refractivity (Wildman–Crippen MR) is 386 cm³/mol. The topological polar surface area (TPSA) is 237 Å². The number of phosphoric ester groups is 2. The summed E-state index contributed by atoms with van der Waals surface area (Å²) >= 11 is 0. The highest BCUT2D eigenvalue weighted by molar-refractivity contribution is 7.47. The first kappa shape index (κ1) is 93.1. The highest BCUT2D eigenvalue weighted by Crippen LogP contribution is 2.45. The van der Waals surface area contributed by atoms with E-state index in [1.807, 2.05) is 0 Å². The smallest absolute Gasteiger partial charge is 0.462 e. The molecule has 0 aliphatic rings. The molecule has 5 atom stereocenters. The Morgan fingerprint density at radius 1 is 0.263 bits per heavy atom. The third-order valence-electron chi connectivity index (χ3n) is 17.6. The first-order valence-corrected chi connectivity index (χ1v) is 42.2. The van der Waals surface area contributed by atoms with E-state index >= 15 is 0 Å². The first-order chi connectivity index (χ1) is 45.6. The SMILES string of the molecule is CC(C)CCCCCCCCCCCCCCCC(=O)O[C@H](COC(=O)CCCCCCCCCC(C)C)COP(=O)(O)OCC(O)COP(=O)(O)OC[C@@H](COC(=O)CCCCCCCCCCCCCCC(C)C)OC(=O)CCCCCCCCCCCCCC(C)C. The van der Waals surface area contributed by atoms with Crippen LogP contribution in [0.3, 0.4) is 0 Å². The van der Waals surface area contributed by atoms with Crippen molar-refractivity contribution in [2.24, 2.45) is 23.7 Å². The zero-order valence-electron chi connectivity index (χ0n) is 62.3. The number of phosphoric acid groups is 2. The van der Waals surface area contributed by atoms with E-state index in [1.54, 1.807) is 0 Å². The van der Waals surface area contributed by atoms with E-state index in [0.29, 0.717) is 31.6 Å². The van der Waals surface area contributed by atoms with Gasteiger partial charge in [0.1, 0.15) is 19.3 Å². The molecule has 0 rings (SSSR count). The fourth-order valence-electron chi connectivity index (χ4n) is 11.6. The second-order valence-electron chi connectivity index (χ2n) is 29.3. The van der Waals surface area contributed by atoms with E-state index in [0.717, 1.165) is 114 Å². The van der Waals surface area contributed by atoms with Crippen LogP contribution in [-0.4, -0.2) is 96.7 Å². The van der Waals surface area contributed by atoms with Crippen LogP contribution in [0, 0.1) is 23.7 Å². The summed E-state index contributed by atoms with van der Waals surface area (Å²) in [6, 6.07) is 0. The van der Waals surface area contributed by atoms with Crippen LogP contribution in [0.5, 0.6) is 0 Å². The van der Waals surface area contributed by atoms with Gasteiger partial charge in [0, 0.05) is 25.7 Å². The van der Waals surface area contributed by atoms with Crippen molar-refractivity contribution in [2.75, 3.05) is 39.6 Å². The van der Waals surface area contributed by atoms with Crippen molar-refractivity contribution in [2.45, 2.75) is 401 Å². The van der Waals surface area contributed by atoms with Crippen LogP contribution in [0.15, 0.2) is 0 Å². The fraction of sp³-hybridized carbons (Fsp3) is 0.947. The molecule has 564 valence electrons. The summed E-state index contributed by atoms with van der Waals surface area (Å²) in [5.74, 6) is 0.918. The number of aliphatic hydroxyl groups excluding tert-OH is 1. The summed E-state index contributed by atoms with van der Waals surface area (Å²) in [5.41, 5.74) is 0. The number of aliphatic hydroxyl groups is 1. The molecular weight excluding hydrogens is 1250 g/mol. The lowest BCUT2D eigenvalue weighted by Gasteiger charge is -2.21. The lowest BCUT2D eigenvalue weighted by atomic mass is 10.0. The van der Waals surface area contributed by atoms with Crippen LogP contribution in [-0.2, 0) is 65.4 Å². The maximum absolute atomic E-state index is 13.1. The minimum atomic E-state index is -4.96. The van der Waals surface area contributed by atoms with Crippen LogP contribution in [0.25, 0.3) is 0 Å². The van der Waals surface area contributed by atoms with E-state index < -0.39 is 97.5 Å². The second kappa shape index (κ2) is 65.4. The van der Waals surface area contributed by atoms with Crippen molar-refractivity contribution < 1.29 is 80.2 Å². The Bertz CT molecular complexity index is 1870. The molecule has 0 aromatic heterocycles. The Balaban J connectivity index is 5.25. The Labute approximate surface area is 581 Å². The normalized spacial score (nSPS) is 14.1. The molecule has 0 aliphatic heterocycles. The third kappa shape index (κ3) is 70.3. The first-order valence-electron chi connectivity index (χ1n) is 39.2. The molecule has 17 nitrogen and oxygen atoms in total. The Hall–Kier alpha value is -1.94.